The molecule has 0 aromatic heterocycles. The third-order valence-corrected chi connectivity index (χ3v) is 3.18. The van der Waals surface area contributed by atoms with Gasteiger partial charge in [-0.15, -0.1) is 0 Å². The lowest BCUT2D eigenvalue weighted by atomic mass is 10.1. The van der Waals surface area contributed by atoms with Crippen molar-refractivity contribution in [3.05, 3.63) is 23.3 Å². The van der Waals surface area contributed by atoms with Crippen molar-refractivity contribution in [3.8, 4) is 11.5 Å². The Labute approximate surface area is 108 Å². The highest BCUT2D eigenvalue weighted by Gasteiger charge is 2.20. The number of ether oxygens (including phenoxy) is 2. The first-order valence-corrected chi connectivity index (χ1v) is 7.21. The SMILES string of the molecule is COc1cc(OC)c(C(F)F)cc1CS(=O)(=O)Cl. The molecule has 0 heterocycles. The van der Waals surface area contributed by atoms with Crippen molar-refractivity contribution in [3.63, 3.8) is 0 Å². The Morgan fingerprint density at radius 1 is 1.22 bits per heavy atom. The zero-order chi connectivity index (χ0) is 13.9. The summed E-state index contributed by atoms with van der Waals surface area (Å²) in [6.45, 7) is 0. The Hall–Kier alpha value is -1.08. The Kier molecular flexibility index (Phi) is 4.75. The van der Waals surface area contributed by atoms with Crippen LogP contribution < -0.4 is 9.47 Å². The van der Waals surface area contributed by atoms with Crippen LogP contribution in [0.15, 0.2) is 12.1 Å². The number of halogens is 3. The first-order valence-electron chi connectivity index (χ1n) is 4.73. The molecule has 8 heteroatoms. The molecule has 0 N–H and O–H groups in total. The van der Waals surface area contributed by atoms with Crippen LogP contribution in [0.5, 0.6) is 11.5 Å². The molecule has 0 unspecified atom stereocenters. The zero-order valence-electron chi connectivity index (χ0n) is 9.61. The van der Waals surface area contributed by atoms with Crippen LogP contribution in [0.3, 0.4) is 0 Å². The van der Waals surface area contributed by atoms with Crippen molar-refractivity contribution in [2.45, 2.75) is 12.2 Å². The molecule has 1 rings (SSSR count). The average Bonchev–Trinajstić information content (AvgIpc) is 2.26. The van der Waals surface area contributed by atoms with E-state index in [4.69, 9.17) is 20.2 Å². The van der Waals surface area contributed by atoms with Gasteiger partial charge in [-0.2, -0.15) is 0 Å². The molecule has 0 aliphatic rings. The van der Waals surface area contributed by atoms with Crippen LogP contribution in [0.1, 0.15) is 17.6 Å². The van der Waals surface area contributed by atoms with E-state index in [0.29, 0.717) is 0 Å². The lowest BCUT2D eigenvalue weighted by Gasteiger charge is -2.13. The van der Waals surface area contributed by atoms with Crippen LogP contribution in [0.25, 0.3) is 0 Å². The second kappa shape index (κ2) is 5.71. The van der Waals surface area contributed by atoms with Crippen molar-refractivity contribution in [1.29, 1.82) is 0 Å². The molecule has 0 saturated heterocycles. The predicted molar refractivity (Wildman–Crippen MR) is 63.0 cm³/mol. The van der Waals surface area contributed by atoms with E-state index in [9.17, 15) is 17.2 Å². The molecular formula is C10H11ClF2O4S. The molecule has 4 nitrogen and oxygen atoms in total. The highest BCUT2D eigenvalue weighted by atomic mass is 35.7. The lowest BCUT2D eigenvalue weighted by molar-refractivity contribution is 0.147. The first-order chi connectivity index (χ1) is 8.28. The highest BCUT2D eigenvalue weighted by molar-refractivity contribution is 8.13. The van der Waals surface area contributed by atoms with E-state index >= 15 is 0 Å². The van der Waals surface area contributed by atoms with E-state index in [2.05, 4.69) is 0 Å². The van der Waals surface area contributed by atoms with Crippen LogP contribution in [-0.2, 0) is 14.8 Å². The number of rotatable bonds is 5. The molecule has 0 spiro atoms. The normalized spacial score (nSPS) is 11.7. The van der Waals surface area contributed by atoms with Crippen LogP contribution in [-0.4, -0.2) is 22.6 Å². The molecule has 0 fully saturated rings. The summed E-state index contributed by atoms with van der Waals surface area (Å²) >= 11 is 0. The number of hydrogen-bond donors (Lipinski definition) is 0. The van der Waals surface area contributed by atoms with Crippen molar-refractivity contribution in [1.82, 2.24) is 0 Å². The minimum atomic E-state index is -3.87. The molecule has 0 aliphatic heterocycles. The predicted octanol–water partition coefficient (Wildman–Crippen LogP) is 2.71. The minimum Gasteiger partial charge on any atom is -0.496 e. The molecule has 0 radical (unpaired) electrons. The van der Waals surface area contributed by atoms with Crippen molar-refractivity contribution >= 4 is 19.7 Å². The van der Waals surface area contributed by atoms with E-state index in [1.54, 1.807) is 0 Å². The fourth-order valence-electron chi connectivity index (χ4n) is 1.46. The summed E-state index contributed by atoms with van der Waals surface area (Å²) in [4.78, 5) is 0. The Bertz CT molecular complexity index is 531. The molecule has 1 aromatic carbocycles. The topological polar surface area (TPSA) is 52.6 Å². The maximum Gasteiger partial charge on any atom is 0.267 e. The summed E-state index contributed by atoms with van der Waals surface area (Å²) in [5.74, 6) is -0.542. The van der Waals surface area contributed by atoms with Crippen molar-refractivity contribution in [2.75, 3.05) is 14.2 Å². The third kappa shape index (κ3) is 3.71. The summed E-state index contributed by atoms with van der Waals surface area (Å²) in [6, 6.07) is 2.22. The maximum atomic E-state index is 12.8. The van der Waals surface area contributed by atoms with Gasteiger partial charge in [0, 0.05) is 22.3 Å². The second-order valence-corrected chi connectivity index (χ2v) is 6.17. The van der Waals surface area contributed by atoms with E-state index in [1.807, 2.05) is 0 Å². The van der Waals surface area contributed by atoms with Gasteiger partial charge < -0.3 is 9.47 Å². The quantitative estimate of drug-likeness (QED) is 0.785. The Morgan fingerprint density at radius 3 is 2.17 bits per heavy atom. The molecule has 0 atom stereocenters. The molecule has 0 amide bonds. The van der Waals surface area contributed by atoms with Crippen LogP contribution in [0.4, 0.5) is 8.78 Å². The van der Waals surface area contributed by atoms with Gasteiger partial charge in [0.2, 0.25) is 9.05 Å². The number of methoxy groups -OCH3 is 2. The van der Waals surface area contributed by atoms with Crippen LogP contribution in [0, 0.1) is 0 Å². The fourth-order valence-corrected chi connectivity index (χ4v) is 2.41. The molecule has 0 saturated carbocycles. The van der Waals surface area contributed by atoms with Crippen molar-refractivity contribution in [2.24, 2.45) is 0 Å². The van der Waals surface area contributed by atoms with Gasteiger partial charge in [-0.05, 0) is 6.07 Å². The van der Waals surface area contributed by atoms with E-state index in [-0.39, 0.29) is 17.1 Å². The lowest BCUT2D eigenvalue weighted by Crippen LogP contribution is -2.02. The summed E-state index contributed by atoms with van der Waals surface area (Å²) < 4.78 is 57.2. The summed E-state index contributed by atoms with van der Waals surface area (Å²) in [7, 11) is 3.76. The van der Waals surface area contributed by atoms with Crippen molar-refractivity contribution < 1.29 is 26.7 Å². The Morgan fingerprint density at radius 2 is 1.78 bits per heavy atom. The van der Waals surface area contributed by atoms with Gasteiger partial charge in [-0.3, -0.25) is 0 Å². The van der Waals surface area contributed by atoms with Gasteiger partial charge in [0.05, 0.1) is 25.5 Å². The van der Waals surface area contributed by atoms with E-state index in [0.717, 1.165) is 6.07 Å². The highest BCUT2D eigenvalue weighted by Crippen LogP contribution is 2.36. The van der Waals surface area contributed by atoms with Crippen LogP contribution >= 0.6 is 10.7 Å². The van der Waals surface area contributed by atoms with Gasteiger partial charge in [0.1, 0.15) is 11.5 Å². The summed E-state index contributed by atoms with van der Waals surface area (Å²) in [5, 5.41) is 0. The molecule has 0 bridgehead atoms. The van der Waals surface area contributed by atoms with Gasteiger partial charge >= 0.3 is 0 Å². The number of benzene rings is 1. The van der Waals surface area contributed by atoms with Crippen LogP contribution in [0.2, 0.25) is 0 Å². The van der Waals surface area contributed by atoms with Gasteiger partial charge in [-0.1, -0.05) is 0 Å². The average molecular weight is 301 g/mol. The summed E-state index contributed by atoms with van der Waals surface area (Å²) in [5.41, 5.74) is -0.350. The number of hydrogen-bond acceptors (Lipinski definition) is 4. The zero-order valence-corrected chi connectivity index (χ0v) is 11.2. The molecule has 102 valence electrons. The van der Waals surface area contributed by atoms with Gasteiger partial charge in [0.15, 0.2) is 0 Å². The standard InChI is InChI=1S/C10H11ClF2O4S/c1-16-8-4-9(17-2)7(10(12)13)3-6(8)5-18(11,14)15/h3-4,10H,5H2,1-2H3. The monoisotopic (exact) mass is 300 g/mol. The van der Waals surface area contributed by atoms with Gasteiger partial charge in [-0.25, -0.2) is 17.2 Å². The Balaban J connectivity index is 3.36. The number of alkyl halides is 2. The second-order valence-electron chi connectivity index (χ2n) is 3.39. The van der Waals surface area contributed by atoms with E-state index < -0.39 is 26.8 Å². The third-order valence-electron chi connectivity index (χ3n) is 2.20. The molecule has 0 aliphatic carbocycles. The smallest absolute Gasteiger partial charge is 0.267 e. The summed E-state index contributed by atoms with van der Waals surface area (Å²) in [6.07, 6.45) is -2.79. The minimum absolute atomic E-state index is 0.0589. The maximum absolute atomic E-state index is 12.8. The van der Waals surface area contributed by atoms with E-state index in [1.165, 1.54) is 20.3 Å². The van der Waals surface area contributed by atoms with Gasteiger partial charge in [0.25, 0.3) is 6.43 Å². The first kappa shape index (κ1) is 15.0. The molecule has 18 heavy (non-hydrogen) atoms. The molecule has 1 aromatic rings. The fraction of sp³-hybridized carbons (Fsp3) is 0.400. The largest absolute Gasteiger partial charge is 0.496 e. The molecular weight excluding hydrogens is 290 g/mol.